The van der Waals surface area contributed by atoms with E-state index in [-0.39, 0.29) is 0 Å². The molecule has 8 heteroatoms. The number of nitrogens with one attached hydrogen (secondary N) is 2. The van der Waals surface area contributed by atoms with E-state index in [9.17, 15) is 4.79 Å². The zero-order valence-corrected chi connectivity index (χ0v) is 18.7. The number of rotatable bonds is 4. The first-order chi connectivity index (χ1) is 14.0. The van der Waals surface area contributed by atoms with Crippen molar-refractivity contribution in [2.45, 2.75) is 6.92 Å². The van der Waals surface area contributed by atoms with E-state index in [1.165, 1.54) is 16.2 Å². The Bertz CT molecular complexity index is 1170. The Balaban J connectivity index is 1.82. The molecule has 146 valence electrons. The summed E-state index contributed by atoms with van der Waals surface area (Å²) in [6.07, 6.45) is 4.70. The van der Waals surface area contributed by atoms with E-state index >= 15 is 0 Å². The number of aromatic nitrogens is 3. The molecule has 0 saturated carbocycles. The Labute approximate surface area is 185 Å². The van der Waals surface area contributed by atoms with Gasteiger partial charge in [-0.05, 0) is 64.9 Å². The molecule has 4 rings (SSSR count). The summed E-state index contributed by atoms with van der Waals surface area (Å²) in [6, 6.07) is 12.3. The van der Waals surface area contributed by atoms with E-state index in [4.69, 9.17) is 0 Å². The first kappa shape index (κ1) is 19.6. The minimum absolute atomic E-state index is 0.439. The molecule has 0 radical (unpaired) electrons. The molecule has 0 aliphatic rings. The number of ether oxygens (including phenoxy) is 1. The van der Waals surface area contributed by atoms with E-state index in [0.717, 1.165) is 32.3 Å². The number of amides is 1. The minimum Gasteiger partial charge on any atom is -0.453 e. The van der Waals surface area contributed by atoms with Crippen LogP contribution in [-0.4, -0.2) is 28.2 Å². The Morgan fingerprint density at radius 2 is 2.00 bits per heavy atom. The third kappa shape index (κ3) is 4.18. The van der Waals surface area contributed by atoms with Crippen LogP contribution in [0.4, 0.5) is 10.6 Å². The van der Waals surface area contributed by atoms with Gasteiger partial charge in [-0.3, -0.25) is 5.32 Å². The Kier molecular flexibility index (Phi) is 5.63. The number of halogens is 1. The highest BCUT2D eigenvalue weighted by Crippen LogP contribution is 2.43. The molecule has 0 unspecified atom stereocenters. The number of pyridine rings is 1. The number of imidazole rings is 1. The van der Waals surface area contributed by atoms with E-state index in [1.54, 1.807) is 23.7 Å². The molecule has 0 fully saturated rings. The summed E-state index contributed by atoms with van der Waals surface area (Å²) in [5.74, 6) is 1.27. The smallest absolute Gasteiger partial charge is 0.412 e. The average Bonchev–Trinajstić information content (AvgIpc) is 3.38. The van der Waals surface area contributed by atoms with Gasteiger partial charge in [-0.25, -0.2) is 14.8 Å². The van der Waals surface area contributed by atoms with Crippen molar-refractivity contribution in [2.75, 3.05) is 12.4 Å². The Hall–Kier alpha value is -2.72. The standard InChI is InChI=1S/C21H17IN4O2S/c1-12-3-4-14(16(22)9-12)15-11-17(29-19(15)20-24-7-8-25-20)13-5-6-23-18(10-13)26-21(27)28-2/h3-11H,1-2H3,(H,24,25)(H,23,26,27). The molecule has 1 amide bonds. The molecule has 0 bridgehead atoms. The van der Waals surface area contributed by atoms with Crippen LogP contribution >= 0.6 is 33.9 Å². The number of H-pyrrole nitrogens is 1. The largest absolute Gasteiger partial charge is 0.453 e. The lowest BCUT2D eigenvalue weighted by Gasteiger charge is -2.06. The first-order valence-corrected chi connectivity index (χ1v) is 10.7. The van der Waals surface area contributed by atoms with E-state index in [0.29, 0.717) is 5.82 Å². The van der Waals surface area contributed by atoms with Crippen molar-refractivity contribution in [1.29, 1.82) is 0 Å². The zero-order chi connectivity index (χ0) is 20.4. The van der Waals surface area contributed by atoms with Crippen molar-refractivity contribution in [3.05, 3.63) is 64.1 Å². The molecule has 0 saturated heterocycles. The van der Waals surface area contributed by atoms with Crippen LogP contribution in [0.3, 0.4) is 0 Å². The second-order valence-corrected chi connectivity index (χ2v) is 8.54. The average molecular weight is 516 g/mol. The number of thiophene rings is 1. The molecule has 2 N–H and O–H groups in total. The van der Waals surface area contributed by atoms with Gasteiger partial charge in [-0.2, -0.15) is 0 Å². The number of aromatic amines is 1. The molecule has 6 nitrogen and oxygen atoms in total. The quantitative estimate of drug-likeness (QED) is 0.328. The molecule has 1 aromatic carbocycles. The van der Waals surface area contributed by atoms with Gasteiger partial charge in [0.25, 0.3) is 0 Å². The second-order valence-electron chi connectivity index (χ2n) is 6.32. The van der Waals surface area contributed by atoms with Crippen LogP contribution in [0, 0.1) is 10.5 Å². The van der Waals surface area contributed by atoms with Crippen molar-refractivity contribution >= 4 is 45.8 Å². The summed E-state index contributed by atoms with van der Waals surface area (Å²) in [4.78, 5) is 25.5. The summed E-state index contributed by atoms with van der Waals surface area (Å²) in [5.41, 5.74) is 4.45. The lowest BCUT2D eigenvalue weighted by atomic mass is 10.0. The SMILES string of the molecule is COC(=O)Nc1cc(-c2cc(-c3ccc(C)cc3I)c(-c3ncc[nH]3)s2)ccn1. The third-order valence-corrected chi connectivity index (χ3v) is 6.40. The molecule has 3 heterocycles. The predicted octanol–water partition coefficient (Wildman–Crippen LogP) is 5.96. The lowest BCUT2D eigenvalue weighted by Crippen LogP contribution is -2.11. The Morgan fingerprint density at radius 3 is 2.72 bits per heavy atom. The number of hydrogen-bond donors (Lipinski definition) is 2. The Morgan fingerprint density at radius 1 is 1.14 bits per heavy atom. The fraction of sp³-hybridized carbons (Fsp3) is 0.0952. The van der Waals surface area contributed by atoms with Gasteiger partial charge in [0.05, 0.1) is 12.0 Å². The third-order valence-electron chi connectivity index (χ3n) is 4.32. The van der Waals surface area contributed by atoms with Crippen LogP contribution in [0.5, 0.6) is 0 Å². The number of hydrogen-bond acceptors (Lipinski definition) is 5. The highest BCUT2D eigenvalue weighted by molar-refractivity contribution is 14.1. The molecular formula is C21H17IN4O2S. The topological polar surface area (TPSA) is 79.9 Å². The molecule has 0 spiro atoms. The van der Waals surface area contributed by atoms with Crippen LogP contribution in [0.2, 0.25) is 0 Å². The molecule has 0 atom stereocenters. The van der Waals surface area contributed by atoms with Gasteiger partial charge < -0.3 is 9.72 Å². The van der Waals surface area contributed by atoms with Crippen LogP contribution in [0.1, 0.15) is 5.56 Å². The highest BCUT2D eigenvalue weighted by Gasteiger charge is 2.18. The molecule has 4 aromatic rings. The minimum atomic E-state index is -0.549. The normalized spacial score (nSPS) is 10.7. The number of carbonyl (C=O) groups is 1. The van der Waals surface area contributed by atoms with E-state index in [2.05, 4.69) is 78.8 Å². The van der Waals surface area contributed by atoms with Crippen molar-refractivity contribution in [3.63, 3.8) is 0 Å². The molecule has 0 aliphatic carbocycles. The number of nitrogens with zero attached hydrogens (tertiary/aromatic N) is 2. The number of methoxy groups -OCH3 is 1. The van der Waals surface area contributed by atoms with Crippen LogP contribution < -0.4 is 5.32 Å². The second kappa shape index (κ2) is 8.34. The van der Waals surface area contributed by atoms with Gasteiger partial charge in [-0.1, -0.05) is 17.7 Å². The predicted molar refractivity (Wildman–Crippen MR) is 124 cm³/mol. The maximum atomic E-state index is 11.5. The van der Waals surface area contributed by atoms with Gasteiger partial charge >= 0.3 is 6.09 Å². The van der Waals surface area contributed by atoms with Gasteiger partial charge in [0.15, 0.2) is 0 Å². The molecular weight excluding hydrogens is 499 g/mol. The number of carbonyl (C=O) groups excluding carboxylic acids is 1. The summed E-state index contributed by atoms with van der Waals surface area (Å²) < 4.78 is 5.83. The maximum absolute atomic E-state index is 11.5. The summed E-state index contributed by atoms with van der Waals surface area (Å²) in [5, 5.41) is 2.61. The van der Waals surface area contributed by atoms with Crippen molar-refractivity contribution < 1.29 is 9.53 Å². The molecule has 29 heavy (non-hydrogen) atoms. The van der Waals surface area contributed by atoms with Gasteiger partial charge in [0, 0.05) is 32.6 Å². The zero-order valence-electron chi connectivity index (χ0n) is 15.7. The van der Waals surface area contributed by atoms with Crippen molar-refractivity contribution in [2.24, 2.45) is 0 Å². The number of anilines is 1. The first-order valence-electron chi connectivity index (χ1n) is 8.76. The maximum Gasteiger partial charge on any atom is 0.412 e. The monoisotopic (exact) mass is 516 g/mol. The van der Waals surface area contributed by atoms with Gasteiger partial charge in [0.2, 0.25) is 0 Å². The number of aryl methyl sites for hydroxylation is 1. The van der Waals surface area contributed by atoms with Crippen LogP contribution in [0.25, 0.3) is 32.3 Å². The van der Waals surface area contributed by atoms with Crippen LogP contribution in [-0.2, 0) is 4.74 Å². The van der Waals surface area contributed by atoms with Gasteiger partial charge in [-0.15, -0.1) is 11.3 Å². The summed E-state index contributed by atoms with van der Waals surface area (Å²) in [6.45, 7) is 2.09. The lowest BCUT2D eigenvalue weighted by molar-refractivity contribution is 0.187. The van der Waals surface area contributed by atoms with Crippen molar-refractivity contribution in [3.8, 4) is 32.3 Å². The van der Waals surface area contributed by atoms with E-state index < -0.39 is 6.09 Å². The molecule has 0 aliphatic heterocycles. The van der Waals surface area contributed by atoms with E-state index in [1.807, 2.05) is 18.3 Å². The molecule has 3 aromatic heterocycles. The fourth-order valence-electron chi connectivity index (χ4n) is 2.95. The summed E-state index contributed by atoms with van der Waals surface area (Å²) in [7, 11) is 1.32. The van der Waals surface area contributed by atoms with Gasteiger partial charge in [0.1, 0.15) is 11.6 Å². The summed E-state index contributed by atoms with van der Waals surface area (Å²) >= 11 is 4.02. The van der Waals surface area contributed by atoms with Crippen LogP contribution in [0.15, 0.2) is 55.0 Å². The fourth-order valence-corrected chi connectivity index (χ4v) is 5.04. The highest BCUT2D eigenvalue weighted by atomic mass is 127. The number of benzene rings is 1. The van der Waals surface area contributed by atoms with Crippen molar-refractivity contribution in [1.82, 2.24) is 15.0 Å².